The molecule has 0 spiro atoms. The van der Waals surface area contributed by atoms with E-state index in [0.717, 1.165) is 10.0 Å². The van der Waals surface area contributed by atoms with Crippen LogP contribution in [0.3, 0.4) is 0 Å². The molecule has 2 aromatic carbocycles. The lowest BCUT2D eigenvalue weighted by Gasteiger charge is -2.13. The highest BCUT2D eigenvalue weighted by Crippen LogP contribution is 2.29. The van der Waals surface area contributed by atoms with Gasteiger partial charge in [0, 0.05) is 11.0 Å². The minimum atomic E-state index is 0.553. The van der Waals surface area contributed by atoms with Crippen molar-refractivity contribution in [2.75, 3.05) is 12.4 Å². The third-order valence-corrected chi connectivity index (χ3v) is 4.03. The van der Waals surface area contributed by atoms with Crippen LogP contribution in [0.2, 0.25) is 5.02 Å². The molecule has 3 nitrogen and oxygen atoms in total. The van der Waals surface area contributed by atoms with Crippen LogP contribution in [0.15, 0.2) is 40.9 Å². The van der Waals surface area contributed by atoms with E-state index in [-0.39, 0.29) is 0 Å². The molecular weight excluding hydrogens is 340 g/mol. The molecule has 0 aliphatic heterocycles. The summed E-state index contributed by atoms with van der Waals surface area (Å²) in [6, 6.07) is 13.2. The standard InChI is InChI=1S/C15H12BrClN2O/c1-20-14-4-2-3-11(8-18)15(14)19-9-10-5-6-13(17)12(16)7-10/h2-7,19H,9H2,1H3. The number of benzene rings is 2. The zero-order valence-electron chi connectivity index (χ0n) is 10.8. The maximum absolute atomic E-state index is 9.15. The highest BCUT2D eigenvalue weighted by Gasteiger charge is 2.08. The summed E-state index contributed by atoms with van der Waals surface area (Å²) in [5.74, 6) is 0.650. The Morgan fingerprint density at radius 1 is 1.35 bits per heavy atom. The van der Waals surface area contributed by atoms with Crippen LogP contribution in [0.5, 0.6) is 5.75 Å². The number of nitrogens with one attached hydrogen (secondary N) is 1. The van der Waals surface area contributed by atoms with Crippen LogP contribution in [0.25, 0.3) is 0 Å². The van der Waals surface area contributed by atoms with Crippen LogP contribution in [0.4, 0.5) is 5.69 Å². The molecule has 0 bridgehead atoms. The van der Waals surface area contributed by atoms with Crippen LogP contribution in [0.1, 0.15) is 11.1 Å². The van der Waals surface area contributed by atoms with Gasteiger partial charge in [-0.1, -0.05) is 23.7 Å². The Bertz CT molecular complexity index is 667. The highest BCUT2D eigenvalue weighted by atomic mass is 79.9. The van der Waals surface area contributed by atoms with Gasteiger partial charge in [0.05, 0.1) is 23.4 Å². The molecule has 0 aliphatic carbocycles. The third kappa shape index (κ3) is 3.24. The summed E-state index contributed by atoms with van der Waals surface area (Å²) < 4.78 is 6.12. The van der Waals surface area contributed by atoms with Crippen LogP contribution in [-0.2, 0) is 6.54 Å². The summed E-state index contributed by atoms with van der Waals surface area (Å²) in [5, 5.41) is 13.1. The van der Waals surface area contributed by atoms with Crippen molar-refractivity contribution in [3.63, 3.8) is 0 Å². The van der Waals surface area contributed by atoms with E-state index in [0.29, 0.717) is 28.6 Å². The van der Waals surface area contributed by atoms with Gasteiger partial charge in [0.15, 0.2) is 0 Å². The Labute approximate surface area is 131 Å². The predicted octanol–water partition coefficient (Wildman–Crippen LogP) is 4.59. The lowest BCUT2D eigenvalue weighted by Crippen LogP contribution is -2.03. The van der Waals surface area contributed by atoms with Crippen molar-refractivity contribution in [2.24, 2.45) is 0 Å². The number of nitriles is 1. The van der Waals surface area contributed by atoms with Gasteiger partial charge < -0.3 is 10.1 Å². The predicted molar refractivity (Wildman–Crippen MR) is 84.2 cm³/mol. The zero-order chi connectivity index (χ0) is 14.5. The van der Waals surface area contributed by atoms with Gasteiger partial charge in [-0.05, 0) is 45.8 Å². The fraction of sp³-hybridized carbons (Fsp3) is 0.133. The SMILES string of the molecule is COc1cccc(C#N)c1NCc1ccc(Cl)c(Br)c1. The third-order valence-electron chi connectivity index (χ3n) is 2.82. The average Bonchev–Trinajstić information content (AvgIpc) is 2.48. The number of methoxy groups -OCH3 is 1. The molecule has 0 atom stereocenters. The molecule has 5 heteroatoms. The molecule has 2 aromatic rings. The van der Waals surface area contributed by atoms with Crippen molar-refractivity contribution in [1.82, 2.24) is 0 Å². The summed E-state index contributed by atoms with van der Waals surface area (Å²) in [7, 11) is 1.58. The second-order valence-corrected chi connectivity index (χ2v) is 5.36. The fourth-order valence-electron chi connectivity index (χ4n) is 1.82. The Morgan fingerprint density at radius 3 is 2.80 bits per heavy atom. The van der Waals surface area contributed by atoms with Crippen LogP contribution in [-0.4, -0.2) is 7.11 Å². The number of rotatable bonds is 4. The van der Waals surface area contributed by atoms with Gasteiger partial charge in [0.2, 0.25) is 0 Å². The van der Waals surface area contributed by atoms with Gasteiger partial charge in [-0.15, -0.1) is 0 Å². The van der Waals surface area contributed by atoms with E-state index in [2.05, 4.69) is 27.3 Å². The fourth-order valence-corrected chi connectivity index (χ4v) is 2.36. The van der Waals surface area contributed by atoms with E-state index < -0.39 is 0 Å². The molecule has 2 rings (SSSR count). The monoisotopic (exact) mass is 350 g/mol. The lowest BCUT2D eigenvalue weighted by molar-refractivity contribution is 0.416. The first-order valence-corrected chi connectivity index (χ1v) is 7.07. The van der Waals surface area contributed by atoms with Gasteiger partial charge in [0.25, 0.3) is 0 Å². The first-order valence-electron chi connectivity index (χ1n) is 5.90. The van der Waals surface area contributed by atoms with Crippen molar-refractivity contribution in [2.45, 2.75) is 6.54 Å². The summed E-state index contributed by atoms with van der Waals surface area (Å²) in [6.45, 7) is 0.574. The molecule has 0 amide bonds. The number of para-hydroxylation sites is 1. The molecule has 0 saturated heterocycles. The van der Waals surface area contributed by atoms with Crippen molar-refractivity contribution in [3.05, 3.63) is 57.0 Å². The first kappa shape index (κ1) is 14.7. The molecule has 0 saturated carbocycles. The van der Waals surface area contributed by atoms with E-state index in [1.54, 1.807) is 19.2 Å². The normalized spacial score (nSPS) is 9.90. The second-order valence-electron chi connectivity index (χ2n) is 4.10. The number of anilines is 1. The number of hydrogen-bond acceptors (Lipinski definition) is 3. The average molecular weight is 352 g/mol. The minimum absolute atomic E-state index is 0.553. The Hall–Kier alpha value is -1.70. The molecule has 0 heterocycles. The molecule has 0 aromatic heterocycles. The first-order chi connectivity index (χ1) is 9.65. The molecule has 0 aliphatic rings. The van der Waals surface area contributed by atoms with E-state index >= 15 is 0 Å². The molecule has 1 N–H and O–H groups in total. The van der Waals surface area contributed by atoms with Crippen LogP contribution in [0, 0.1) is 11.3 Å². The summed E-state index contributed by atoms with van der Waals surface area (Å²) in [5.41, 5.74) is 2.30. The molecule has 102 valence electrons. The Kier molecular flexibility index (Phi) is 4.89. The number of halogens is 2. The molecule has 20 heavy (non-hydrogen) atoms. The quantitative estimate of drug-likeness (QED) is 0.876. The van der Waals surface area contributed by atoms with Gasteiger partial charge in [-0.3, -0.25) is 0 Å². The van der Waals surface area contributed by atoms with E-state index in [4.69, 9.17) is 21.6 Å². The lowest BCUT2D eigenvalue weighted by atomic mass is 10.1. The van der Waals surface area contributed by atoms with Crippen molar-refractivity contribution >= 4 is 33.2 Å². The minimum Gasteiger partial charge on any atom is -0.495 e. The number of ether oxygens (including phenoxy) is 1. The topological polar surface area (TPSA) is 45.0 Å². The van der Waals surface area contributed by atoms with E-state index in [1.807, 2.05) is 24.3 Å². The van der Waals surface area contributed by atoms with Crippen LogP contribution >= 0.6 is 27.5 Å². The van der Waals surface area contributed by atoms with Crippen molar-refractivity contribution in [1.29, 1.82) is 5.26 Å². The summed E-state index contributed by atoms with van der Waals surface area (Å²) in [6.07, 6.45) is 0. The molecule has 0 radical (unpaired) electrons. The largest absolute Gasteiger partial charge is 0.495 e. The zero-order valence-corrected chi connectivity index (χ0v) is 13.1. The Morgan fingerprint density at radius 2 is 2.15 bits per heavy atom. The van der Waals surface area contributed by atoms with E-state index in [9.17, 15) is 0 Å². The number of nitrogens with zero attached hydrogens (tertiary/aromatic N) is 1. The van der Waals surface area contributed by atoms with Crippen LogP contribution < -0.4 is 10.1 Å². The van der Waals surface area contributed by atoms with Crippen molar-refractivity contribution < 1.29 is 4.74 Å². The maximum Gasteiger partial charge on any atom is 0.143 e. The van der Waals surface area contributed by atoms with E-state index in [1.165, 1.54) is 0 Å². The van der Waals surface area contributed by atoms with Gasteiger partial charge in [0.1, 0.15) is 11.8 Å². The van der Waals surface area contributed by atoms with Gasteiger partial charge >= 0.3 is 0 Å². The van der Waals surface area contributed by atoms with Crippen molar-refractivity contribution in [3.8, 4) is 11.8 Å². The summed E-state index contributed by atoms with van der Waals surface area (Å²) >= 11 is 9.35. The number of hydrogen-bond donors (Lipinski definition) is 1. The maximum atomic E-state index is 9.15. The van der Waals surface area contributed by atoms with Gasteiger partial charge in [-0.25, -0.2) is 0 Å². The highest BCUT2D eigenvalue weighted by molar-refractivity contribution is 9.10. The van der Waals surface area contributed by atoms with Gasteiger partial charge in [-0.2, -0.15) is 5.26 Å². The molecule has 0 unspecified atom stereocenters. The summed E-state index contributed by atoms with van der Waals surface area (Å²) in [4.78, 5) is 0. The Balaban J connectivity index is 2.22. The molecule has 0 fully saturated rings. The second kappa shape index (κ2) is 6.65. The molecular formula is C15H12BrClN2O. The smallest absolute Gasteiger partial charge is 0.143 e.